The van der Waals surface area contributed by atoms with Crippen molar-refractivity contribution in [3.63, 3.8) is 0 Å². The van der Waals surface area contributed by atoms with Crippen molar-refractivity contribution in [1.82, 2.24) is 0 Å². The fourth-order valence-electron chi connectivity index (χ4n) is 0. The molecule has 0 aliphatic rings. The molecule has 0 heterocycles. The minimum Gasteiger partial charge on any atom is -0.857 e. The lowest BCUT2D eigenvalue weighted by Crippen LogP contribution is -1.81. The monoisotopic (exact) mass is 296 g/mol. The first-order valence-corrected chi connectivity index (χ1v) is 9.25. The lowest BCUT2D eigenvalue weighted by molar-refractivity contribution is -0.325. The highest BCUT2D eigenvalue weighted by Gasteiger charge is 2.10. The zero-order valence-electron chi connectivity index (χ0n) is 3.04. The van der Waals surface area contributed by atoms with Crippen molar-refractivity contribution >= 4 is 50.5 Å². The largest absolute Gasteiger partial charge is 0.857 e. The molecule has 0 radical (unpaired) electrons. The van der Waals surface area contributed by atoms with E-state index in [1.807, 2.05) is 0 Å². The Kier molecular flexibility index (Phi) is 17.3. The van der Waals surface area contributed by atoms with Gasteiger partial charge in [-0.1, -0.05) is 0 Å². The summed E-state index contributed by atoms with van der Waals surface area (Å²) in [6.07, 6.45) is 0. The first-order chi connectivity index (χ1) is 2.73. The summed E-state index contributed by atoms with van der Waals surface area (Å²) in [4.78, 5) is 0. The van der Waals surface area contributed by atoms with E-state index >= 15 is 0 Å². The normalized spacial score (nSPS) is 5.50. The van der Waals surface area contributed by atoms with Gasteiger partial charge in [0, 0.05) is 0 Å². The predicted octanol–water partition coefficient (Wildman–Crippen LogP) is 1.13. The van der Waals surface area contributed by atoms with Crippen molar-refractivity contribution < 1.29 is 5.11 Å². The molecule has 0 bridgehead atoms. The van der Waals surface area contributed by atoms with Crippen LogP contribution in [-0.2, 0) is 0 Å². The maximum atomic E-state index is 8.25. The zero-order chi connectivity index (χ0) is 5.58. The molecule has 0 unspecified atom stereocenters. The summed E-state index contributed by atoms with van der Waals surface area (Å²) in [7, 11) is 0.750. The Bertz CT molecular complexity index is 15.5. The van der Waals surface area contributed by atoms with Gasteiger partial charge in [0.25, 0.3) is 0 Å². The van der Waals surface area contributed by atoms with Gasteiger partial charge in [-0.2, -0.15) is 7.11 Å². The molecular weight excluding hydrogens is 296 g/mol. The van der Waals surface area contributed by atoms with E-state index in [1.54, 1.807) is 0 Å². The molecule has 6 heavy (non-hydrogen) atoms. The number of hydrogen-bond donors (Lipinski definition) is 0. The van der Waals surface area contributed by atoms with E-state index in [4.69, 9.17) is 5.11 Å². The van der Waals surface area contributed by atoms with Gasteiger partial charge in [-0.15, -0.1) is 0 Å². The predicted molar refractivity (Wildman–Crippen MR) is 38.5 cm³/mol. The van der Waals surface area contributed by atoms with Gasteiger partial charge in [-0.05, 0) is 0 Å². The molecule has 0 N–H and O–H groups in total. The van der Waals surface area contributed by atoms with E-state index in [1.165, 1.54) is 0 Å². The van der Waals surface area contributed by atoms with Gasteiger partial charge in [-0.25, -0.2) is 0 Å². The second-order valence-electron chi connectivity index (χ2n) is 0.214. The first-order valence-electron chi connectivity index (χ1n) is 0.975. The van der Waals surface area contributed by atoms with Crippen LogP contribution in [0.3, 0.4) is 0 Å². The van der Waals surface area contributed by atoms with Crippen LogP contribution in [0.1, 0.15) is 0 Å². The van der Waals surface area contributed by atoms with Crippen molar-refractivity contribution in [2.45, 2.75) is 0 Å². The van der Waals surface area contributed by atoms with Crippen molar-refractivity contribution in [3.8, 4) is 0 Å². The van der Waals surface area contributed by atoms with Crippen molar-refractivity contribution in [2.24, 2.45) is 0 Å². The number of halogens is 3. The Morgan fingerprint density at radius 3 is 1.17 bits per heavy atom. The van der Waals surface area contributed by atoms with Crippen LogP contribution >= 0.6 is 45.9 Å². The Labute approximate surface area is 62.5 Å². The lowest BCUT2D eigenvalue weighted by Gasteiger charge is -1.57. The van der Waals surface area contributed by atoms with Crippen LogP contribution in [0.25, 0.3) is 0 Å². The lowest BCUT2D eigenvalue weighted by atomic mass is 11.8. The average molecular weight is 299 g/mol. The summed E-state index contributed by atoms with van der Waals surface area (Å²) in [6.45, 7) is 0. The van der Waals surface area contributed by atoms with Crippen LogP contribution in [0.5, 0.6) is 0 Å². The number of hydrogen-bond acceptors (Lipinski definition) is 1. The minimum absolute atomic E-state index is 0.442. The first kappa shape index (κ1) is 10.6. The summed E-state index contributed by atoms with van der Waals surface area (Å²) in [5.41, 5.74) is 0. The van der Waals surface area contributed by atoms with Gasteiger partial charge < -0.3 is 5.11 Å². The van der Waals surface area contributed by atoms with Gasteiger partial charge >= 0.3 is 4.65 Å². The summed E-state index contributed by atoms with van der Waals surface area (Å²) in [5.74, 6) is 0. The molecule has 0 aromatic heterocycles. The average Bonchev–Trinajstić information content (AvgIpc) is 1.41. The van der Waals surface area contributed by atoms with Crippen LogP contribution in [0.2, 0.25) is 0 Å². The molecule has 1 nitrogen and oxygen atoms in total. The van der Waals surface area contributed by atoms with Crippen LogP contribution < -0.4 is 5.11 Å². The highest BCUT2D eigenvalue weighted by atomic mass is 80.0. The van der Waals surface area contributed by atoms with Crippen molar-refractivity contribution in [3.05, 3.63) is 0 Å². The van der Waals surface area contributed by atoms with Crippen molar-refractivity contribution in [1.29, 1.82) is 0 Å². The van der Waals surface area contributed by atoms with Gasteiger partial charge in [0.1, 0.15) is 45.9 Å². The molecule has 0 aromatic carbocycles. The van der Waals surface area contributed by atoms with Crippen LogP contribution in [0.15, 0.2) is 0 Å². The van der Waals surface area contributed by atoms with Crippen molar-refractivity contribution in [2.75, 3.05) is 7.11 Å². The summed E-state index contributed by atoms with van der Waals surface area (Å²) in [5, 5.41) is 8.25. The molecule has 0 atom stereocenters. The quantitative estimate of drug-likeness (QED) is 0.486. The smallest absolute Gasteiger partial charge is 0.556 e. The molecule has 0 saturated carbocycles. The molecule has 0 saturated heterocycles. The molecule has 0 rings (SSSR count). The molecular formula is CH3Br3OSi. The van der Waals surface area contributed by atoms with E-state index in [-0.39, 0.29) is 0 Å². The van der Waals surface area contributed by atoms with Gasteiger partial charge in [0.15, 0.2) is 0 Å². The summed E-state index contributed by atoms with van der Waals surface area (Å²) >= 11 is 9.62. The Morgan fingerprint density at radius 1 is 1.17 bits per heavy atom. The summed E-state index contributed by atoms with van der Waals surface area (Å²) in [6, 6.07) is 0. The molecule has 5 heteroatoms. The third-order valence-corrected chi connectivity index (χ3v) is 0. The molecule has 38 valence electrons. The number of rotatable bonds is 0. The topological polar surface area (TPSA) is 23.1 Å². The third kappa shape index (κ3) is 45.8. The highest BCUT2D eigenvalue weighted by Crippen LogP contribution is 2.07. The maximum Gasteiger partial charge on any atom is 0.556 e. The molecule has 0 aromatic rings. The minimum atomic E-state index is -0.442. The molecule has 0 aliphatic carbocycles. The second-order valence-corrected chi connectivity index (χ2v) is 17.4. The third-order valence-electron chi connectivity index (χ3n) is 0. The Morgan fingerprint density at radius 2 is 1.17 bits per heavy atom. The maximum absolute atomic E-state index is 8.25. The molecule has 0 fully saturated rings. The van der Waals surface area contributed by atoms with Gasteiger partial charge in [0.05, 0.1) is 0 Å². The fourth-order valence-corrected chi connectivity index (χ4v) is 0. The molecule has 0 amide bonds. The molecule has 0 aliphatic heterocycles. The van der Waals surface area contributed by atoms with E-state index in [9.17, 15) is 0 Å². The highest BCUT2D eigenvalue weighted by molar-refractivity contribution is 9.69. The zero-order valence-corrected chi connectivity index (χ0v) is 8.80. The van der Waals surface area contributed by atoms with Crippen LogP contribution in [0, 0.1) is 0 Å². The SMILES string of the molecule is Br[Si+](Br)Br.C[O-]. The Hall–Kier alpha value is 1.62. The van der Waals surface area contributed by atoms with E-state index in [0.717, 1.165) is 7.11 Å². The fraction of sp³-hybridized carbons (Fsp3) is 1.00. The van der Waals surface area contributed by atoms with Crippen LogP contribution in [0.4, 0.5) is 0 Å². The van der Waals surface area contributed by atoms with E-state index in [0.29, 0.717) is 0 Å². The van der Waals surface area contributed by atoms with E-state index < -0.39 is 4.65 Å². The van der Waals surface area contributed by atoms with Gasteiger partial charge in [0.2, 0.25) is 0 Å². The Balaban J connectivity index is 0. The van der Waals surface area contributed by atoms with Gasteiger partial charge in [-0.3, -0.25) is 0 Å². The van der Waals surface area contributed by atoms with E-state index in [2.05, 4.69) is 45.9 Å². The summed E-state index contributed by atoms with van der Waals surface area (Å²) < 4.78 is -0.442. The standard InChI is InChI=1S/CH3O.Br3Si/c1-2;1-4(2)3/h1H3;/q-1;+1. The molecule has 0 spiro atoms. The van der Waals surface area contributed by atoms with Crippen LogP contribution in [-0.4, -0.2) is 11.8 Å². The second kappa shape index (κ2) is 9.79.